The highest BCUT2D eigenvalue weighted by Gasteiger charge is 2.31. The number of nitrogens with zero attached hydrogens (tertiary/aromatic N) is 3. The van der Waals surface area contributed by atoms with Crippen LogP contribution >= 0.6 is 11.8 Å². The number of hydrogen-bond donors (Lipinski definition) is 1. The summed E-state index contributed by atoms with van der Waals surface area (Å²) in [6, 6.07) is 3.68. The summed E-state index contributed by atoms with van der Waals surface area (Å²) < 4.78 is 28.8. The lowest BCUT2D eigenvalue weighted by atomic mass is 9.91. The Morgan fingerprint density at radius 2 is 2.00 bits per heavy atom. The monoisotopic (exact) mass is 432 g/mol. The minimum atomic E-state index is -0.573. The van der Waals surface area contributed by atoms with Crippen LogP contribution in [0.25, 0.3) is 0 Å². The SMILES string of the molecule is C=CCn1nc(C(=O)N2CCSCC2)c2c1CC[C@H](NCc1cc(F)cc(F)c1)C2. The van der Waals surface area contributed by atoms with Crippen LogP contribution in [-0.4, -0.2) is 51.2 Å². The van der Waals surface area contributed by atoms with Crippen LogP contribution in [0.2, 0.25) is 0 Å². The average molecular weight is 433 g/mol. The first-order valence-corrected chi connectivity index (χ1v) is 11.5. The summed E-state index contributed by atoms with van der Waals surface area (Å²) in [5.74, 6) is 0.764. The maximum absolute atomic E-state index is 13.5. The number of benzene rings is 1. The second-order valence-electron chi connectivity index (χ2n) is 7.75. The number of halogens is 2. The molecule has 1 aliphatic heterocycles. The van der Waals surface area contributed by atoms with Crippen molar-refractivity contribution in [1.82, 2.24) is 20.0 Å². The third kappa shape index (κ3) is 4.59. The molecule has 1 aromatic carbocycles. The number of nitrogens with one attached hydrogen (secondary N) is 1. The zero-order valence-corrected chi connectivity index (χ0v) is 17.7. The minimum absolute atomic E-state index is 0.00205. The molecule has 0 radical (unpaired) electrons. The van der Waals surface area contributed by atoms with Crippen molar-refractivity contribution in [3.8, 4) is 0 Å². The Morgan fingerprint density at radius 3 is 2.70 bits per heavy atom. The summed E-state index contributed by atoms with van der Waals surface area (Å²) in [6.45, 7) is 6.26. The van der Waals surface area contributed by atoms with Crippen molar-refractivity contribution in [2.45, 2.75) is 38.4 Å². The second kappa shape index (κ2) is 9.31. The molecule has 1 aromatic heterocycles. The quantitative estimate of drug-likeness (QED) is 0.713. The van der Waals surface area contributed by atoms with Crippen LogP contribution in [0.5, 0.6) is 0 Å². The van der Waals surface area contributed by atoms with E-state index in [0.29, 0.717) is 30.8 Å². The molecule has 5 nitrogen and oxygen atoms in total. The number of fused-ring (bicyclic) bond motifs is 1. The molecule has 0 unspecified atom stereocenters. The highest BCUT2D eigenvalue weighted by Crippen LogP contribution is 2.27. The Bertz CT molecular complexity index is 919. The molecule has 2 aliphatic rings. The third-order valence-corrected chi connectivity index (χ3v) is 6.61. The molecule has 1 fully saturated rings. The molecule has 1 aliphatic carbocycles. The summed E-state index contributed by atoms with van der Waals surface area (Å²) in [6.07, 6.45) is 4.14. The molecule has 0 saturated carbocycles. The fourth-order valence-corrected chi connectivity index (χ4v) is 5.10. The molecule has 8 heteroatoms. The zero-order chi connectivity index (χ0) is 21.1. The van der Waals surface area contributed by atoms with Crippen LogP contribution in [0, 0.1) is 11.6 Å². The summed E-state index contributed by atoms with van der Waals surface area (Å²) in [5, 5.41) is 8.05. The van der Waals surface area contributed by atoms with E-state index in [2.05, 4.69) is 17.0 Å². The summed E-state index contributed by atoms with van der Waals surface area (Å²) in [4.78, 5) is 15.1. The van der Waals surface area contributed by atoms with Gasteiger partial charge in [0.15, 0.2) is 5.69 Å². The number of allylic oxidation sites excluding steroid dienone is 1. The van der Waals surface area contributed by atoms with Crippen LogP contribution in [0.1, 0.15) is 33.7 Å². The Balaban J connectivity index is 1.52. The lowest BCUT2D eigenvalue weighted by Gasteiger charge is -2.27. The molecule has 0 spiro atoms. The third-order valence-electron chi connectivity index (χ3n) is 5.67. The lowest BCUT2D eigenvalue weighted by molar-refractivity contribution is 0.0764. The van der Waals surface area contributed by atoms with Crippen LogP contribution < -0.4 is 5.32 Å². The topological polar surface area (TPSA) is 50.2 Å². The van der Waals surface area contributed by atoms with E-state index in [1.807, 2.05) is 21.3 Å². The summed E-state index contributed by atoms with van der Waals surface area (Å²) >= 11 is 1.86. The lowest BCUT2D eigenvalue weighted by Crippen LogP contribution is -2.39. The van der Waals surface area contributed by atoms with E-state index < -0.39 is 11.6 Å². The highest BCUT2D eigenvalue weighted by atomic mass is 32.2. The molecule has 160 valence electrons. The molecule has 0 bridgehead atoms. The first-order valence-electron chi connectivity index (χ1n) is 10.3. The van der Waals surface area contributed by atoms with E-state index in [9.17, 15) is 13.6 Å². The van der Waals surface area contributed by atoms with Gasteiger partial charge in [-0.1, -0.05) is 6.08 Å². The number of aromatic nitrogens is 2. The van der Waals surface area contributed by atoms with Crippen molar-refractivity contribution in [2.24, 2.45) is 0 Å². The van der Waals surface area contributed by atoms with E-state index >= 15 is 0 Å². The van der Waals surface area contributed by atoms with Crippen LogP contribution in [0.3, 0.4) is 0 Å². The second-order valence-corrected chi connectivity index (χ2v) is 8.97. The average Bonchev–Trinajstić information content (AvgIpc) is 3.10. The van der Waals surface area contributed by atoms with E-state index in [0.717, 1.165) is 54.8 Å². The van der Waals surface area contributed by atoms with Crippen molar-refractivity contribution < 1.29 is 13.6 Å². The number of carbonyl (C=O) groups excluding carboxylic acids is 1. The fraction of sp³-hybridized carbons (Fsp3) is 0.455. The van der Waals surface area contributed by atoms with Gasteiger partial charge in [-0.15, -0.1) is 6.58 Å². The number of rotatable bonds is 6. The van der Waals surface area contributed by atoms with E-state index in [1.165, 1.54) is 12.1 Å². The Hall–Kier alpha value is -2.19. The van der Waals surface area contributed by atoms with Gasteiger partial charge in [0.2, 0.25) is 0 Å². The van der Waals surface area contributed by atoms with Crippen molar-refractivity contribution in [3.63, 3.8) is 0 Å². The molecule has 1 amide bonds. The van der Waals surface area contributed by atoms with Gasteiger partial charge in [0.05, 0.1) is 6.54 Å². The minimum Gasteiger partial charge on any atom is -0.336 e. The molecule has 1 N–H and O–H groups in total. The van der Waals surface area contributed by atoms with E-state index in [4.69, 9.17) is 0 Å². The first kappa shape index (κ1) is 21.1. The van der Waals surface area contributed by atoms with Gasteiger partial charge in [0.25, 0.3) is 5.91 Å². The van der Waals surface area contributed by atoms with Gasteiger partial charge in [-0.05, 0) is 37.0 Å². The molecule has 1 saturated heterocycles. The predicted molar refractivity (Wildman–Crippen MR) is 115 cm³/mol. The predicted octanol–water partition coefficient (Wildman–Crippen LogP) is 3.18. The largest absolute Gasteiger partial charge is 0.336 e. The Labute approximate surface area is 179 Å². The molecular weight excluding hydrogens is 406 g/mol. The van der Waals surface area contributed by atoms with Crippen molar-refractivity contribution in [3.05, 3.63) is 65.0 Å². The van der Waals surface area contributed by atoms with Gasteiger partial charge in [-0.3, -0.25) is 9.48 Å². The molecule has 30 heavy (non-hydrogen) atoms. The number of amides is 1. The standard InChI is InChI=1S/C22H26F2N4OS/c1-2-5-28-20-4-3-18(25-14-15-10-16(23)12-17(24)11-15)13-19(20)21(26-28)22(29)27-6-8-30-9-7-27/h2,10-12,18,25H,1,3-9,13-14H2/t18-/m0/s1. The van der Waals surface area contributed by atoms with E-state index in [1.54, 1.807) is 6.08 Å². The molecule has 2 aromatic rings. The van der Waals surface area contributed by atoms with Crippen LogP contribution in [-0.2, 0) is 25.9 Å². The molecule has 1 atom stereocenters. The zero-order valence-electron chi connectivity index (χ0n) is 16.9. The van der Waals surface area contributed by atoms with Gasteiger partial charge in [0.1, 0.15) is 11.6 Å². The van der Waals surface area contributed by atoms with Gasteiger partial charge in [0, 0.05) is 54.5 Å². The maximum atomic E-state index is 13.5. The van der Waals surface area contributed by atoms with Crippen molar-refractivity contribution in [2.75, 3.05) is 24.6 Å². The summed E-state index contributed by atoms with van der Waals surface area (Å²) in [5.41, 5.74) is 3.21. The van der Waals surface area contributed by atoms with Crippen molar-refractivity contribution >= 4 is 17.7 Å². The fourth-order valence-electron chi connectivity index (χ4n) is 4.20. The molecule has 2 heterocycles. The van der Waals surface area contributed by atoms with Gasteiger partial charge >= 0.3 is 0 Å². The van der Waals surface area contributed by atoms with Crippen LogP contribution in [0.4, 0.5) is 8.78 Å². The molecule has 4 rings (SSSR count). The van der Waals surface area contributed by atoms with Gasteiger partial charge in [-0.2, -0.15) is 16.9 Å². The number of hydrogen-bond acceptors (Lipinski definition) is 4. The van der Waals surface area contributed by atoms with Crippen LogP contribution in [0.15, 0.2) is 30.9 Å². The molecular formula is C22H26F2N4OS. The maximum Gasteiger partial charge on any atom is 0.274 e. The first-order chi connectivity index (χ1) is 14.5. The normalized spacial score (nSPS) is 18.9. The van der Waals surface area contributed by atoms with Crippen molar-refractivity contribution in [1.29, 1.82) is 0 Å². The van der Waals surface area contributed by atoms with Gasteiger partial charge in [-0.25, -0.2) is 8.78 Å². The smallest absolute Gasteiger partial charge is 0.274 e. The highest BCUT2D eigenvalue weighted by molar-refractivity contribution is 7.99. The van der Waals surface area contributed by atoms with Gasteiger partial charge < -0.3 is 10.2 Å². The number of carbonyl (C=O) groups is 1. The van der Waals surface area contributed by atoms with E-state index in [-0.39, 0.29) is 11.9 Å². The Morgan fingerprint density at radius 1 is 1.27 bits per heavy atom. The summed E-state index contributed by atoms with van der Waals surface area (Å²) in [7, 11) is 0. The number of thioether (sulfide) groups is 1. The Kier molecular flexibility index (Phi) is 6.53.